The Labute approximate surface area is 212 Å². The van der Waals surface area contributed by atoms with Gasteiger partial charge < -0.3 is 4.57 Å². The summed E-state index contributed by atoms with van der Waals surface area (Å²) in [6, 6.07) is 0.676. The summed E-state index contributed by atoms with van der Waals surface area (Å²) >= 11 is 0. The molecule has 32 heavy (non-hydrogen) atoms. The maximum absolute atomic E-state index is 4.31. The highest BCUT2D eigenvalue weighted by molar-refractivity contribution is 8.93. The van der Waals surface area contributed by atoms with Crippen LogP contribution in [0.2, 0.25) is 0 Å². The maximum atomic E-state index is 4.31. The monoisotopic (exact) mass is 512 g/mol. The van der Waals surface area contributed by atoms with Crippen molar-refractivity contribution >= 4 is 17.0 Å². The molecule has 0 bridgehead atoms. The van der Waals surface area contributed by atoms with Crippen LogP contribution >= 0.6 is 17.0 Å². The fraction of sp³-hybridized carbons (Fsp3) is 0.897. The molecule has 1 atom stereocenters. The number of unbranched alkanes of at least 4 members (excludes halogenated alkanes) is 19. The molecule has 0 aromatic carbocycles. The van der Waals surface area contributed by atoms with Gasteiger partial charge in [-0.05, 0) is 12.8 Å². The molecule has 1 heterocycles. The lowest BCUT2D eigenvalue weighted by Crippen LogP contribution is -2.07. The fourth-order valence-corrected chi connectivity index (χ4v) is 4.84. The Morgan fingerprint density at radius 1 is 0.531 bits per heavy atom. The summed E-state index contributed by atoms with van der Waals surface area (Å²) in [5, 5.41) is 0. The molecule has 1 aromatic heterocycles. The van der Waals surface area contributed by atoms with Gasteiger partial charge in [0.05, 0.1) is 6.33 Å². The molecule has 1 unspecified atom stereocenters. The topological polar surface area (TPSA) is 17.8 Å². The first-order valence-electron chi connectivity index (χ1n) is 14.4. The van der Waals surface area contributed by atoms with E-state index in [0.29, 0.717) is 6.04 Å². The van der Waals surface area contributed by atoms with Crippen LogP contribution in [0.5, 0.6) is 0 Å². The summed E-state index contributed by atoms with van der Waals surface area (Å²) in [6.45, 7) is 4.60. The third-order valence-corrected chi connectivity index (χ3v) is 6.98. The third kappa shape index (κ3) is 19.2. The van der Waals surface area contributed by atoms with Crippen molar-refractivity contribution in [3.8, 4) is 0 Å². The highest BCUT2D eigenvalue weighted by Gasteiger charge is 2.10. The van der Waals surface area contributed by atoms with E-state index in [0.717, 1.165) is 0 Å². The molecule has 0 amide bonds. The number of halogens is 1. The molecular weight excluding hydrogens is 456 g/mol. The van der Waals surface area contributed by atoms with Crippen LogP contribution in [-0.2, 0) is 0 Å². The zero-order chi connectivity index (χ0) is 22.2. The first-order chi connectivity index (χ1) is 15.4. The van der Waals surface area contributed by atoms with Gasteiger partial charge in [-0.15, -0.1) is 17.0 Å². The Kier molecular flexibility index (Phi) is 25.1. The normalized spacial score (nSPS) is 12.1. The zero-order valence-electron chi connectivity index (χ0n) is 21.9. The Bertz CT molecular complexity index is 446. The summed E-state index contributed by atoms with van der Waals surface area (Å²) in [7, 11) is 0. The lowest BCUT2D eigenvalue weighted by Gasteiger charge is -2.18. The molecule has 3 heteroatoms. The van der Waals surface area contributed by atoms with Crippen molar-refractivity contribution in [3.05, 3.63) is 18.7 Å². The van der Waals surface area contributed by atoms with Gasteiger partial charge in [0.1, 0.15) is 0 Å². The van der Waals surface area contributed by atoms with E-state index in [-0.39, 0.29) is 17.0 Å². The highest BCUT2D eigenvalue weighted by atomic mass is 79.9. The average molecular weight is 514 g/mol. The molecule has 1 rings (SSSR count). The van der Waals surface area contributed by atoms with Crippen LogP contribution in [0.3, 0.4) is 0 Å². The summed E-state index contributed by atoms with van der Waals surface area (Å²) in [5.74, 6) is 0. The second-order valence-corrected chi connectivity index (χ2v) is 9.96. The predicted octanol–water partition coefficient (Wildman–Crippen LogP) is 11.0. The predicted molar refractivity (Wildman–Crippen MR) is 149 cm³/mol. The molecular formula is C29H57BrN2. The second-order valence-electron chi connectivity index (χ2n) is 9.96. The van der Waals surface area contributed by atoms with Gasteiger partial charge in [-0.2, -0.15) is 0 Å². The van der Waals surface area contributed by atoms with E-state index in [9.17, 15) is 0 Å². The summed E-state index contributed by atoms with van der Waals surface area (Å²) in [6.07, 6.45) is 38.9. The summed E-state index contributed by atoms with van der Waals surface area (Å²) in [4.78, 5) is 4.31. The van der Waals surface area contributed by atoms with Crippen LogP contribution in [0.4, 0.5) is 0 Å². The van der Waals surface area contributed by atoms with Gasteiger partial charge in [0, 0.05) is 18.4 Å². The first kappa shape index (κ1) is 31.7. The van der Waals surface area contributed by atoms with E-state index >= 15 is 0 Å². The van der Waals surface area contributed by atoms with Crippen molar-refractivity contribution in [1.29, 1.82) is 0 Å². The minimum atomic E-state index is 0. The molecule has 190 valence electrons. The maximum Gasteiger partial charge on any atom is 0.0948 e. The molecule has 0 saturated heterocycles. The molecule has 0 aliphatic rings. The van der Waals surface area contributed by atoms with E-state index in [1.807, 2.05) is 12.5 Å². The fourth-order valence-electron chi connectivity index (χ4n) is 4.84. The molecule has 0 radical (unpaired) electrons. The largest absolute Gasteiger partial charge is 0.334 e. The molecule has 0 aliphatic carbocycles. The Morgan fingerprint density at radius 2 is 0.875 bits per heavy atom. The molecule has 0 saturated carbocycles. The smallest absolute Gasteiger partial charge is 0.0948 e. The minimum absolute atomic E-state index is 0. The molecule has 0 aliphatic heterocycles. The minimum Gasteiger partial charge on any atom is -0.334 e. The van der Waals surface area contributed by atoms with Crippen molar-refractivity contribution in [3.63, 3.8) is 0 Å². The molecule has 0 N–H and O–H groups in total. The van der Waals surface area contributed by atoms with E-state index in [2.05, 4.69) is 29.6 Å². The van der Waals surface area contributed by atoms with Crippen molar-refractivity contribution in [2.75, 3.05) is 0 Å². The molecule has 2 nitrogen and oxygen atoms in total. The van der Waals surface area contributed by atoms with Crippen molar-refractivity contribution in [1.82, 2.24) is 9.55 Å². The van der Waals surface area contributed by atoms with Gasteiger partial charge in [0.25, 0.3) is 0 Å². The van der Waals surface area contributed by atoms with Crippen LogP contribution in [0, 0.1) is 0 Å². The summed E-state index contributed by atoms with van der Waals surface area (Å²) in [5.41, 5.74) is 0. The average Bonchev–Trinajstić information content (AvgIpc) is 3.32. The number of hydrogen-bond acceptors (Lipinski definition) is 1. The van der Waals surface area contributed by atoms with Gasteiger partial charge in [0.15, 0.2) is 0 Å². The Balaban J connectivity index is 0.00000961. The van der Waals surface area contributed by atoms with Crippen molar-refractivity contribution in [2.24, 2.45) is 0 Å². The SMILES string of the molecule is Br.CCCCCCCCCCCCCC(CCCCCCCCCCCC)n1ccnc1. The zero-order valence-corrected chi connectivity index (χ0v) is 23.6. The highest BCUT2D eigenvalue weighted by Crippen LogP contribution is 2.24. The number of imidazole rings is 1. The van der Waals surface area contributed by atoms with Crippen LogP contribution in [-0.4, -0.2) is 9.55 Å². The molecule has 0 spiro atoms. The number of nitrogens with zero attached hydrogens (tertiary/aromatic N) is 2. The standard InChI is InChI=1S/C29H56N2.BrH/c1-3-5-7-9-11-13-15-17-19-21-23-25-29(31-27-26-30-28-31)24-22-20-18-16-14-12-10-8-6-4-2;/h26-29H,3-25H2,1-2H3;1H. The van der Waals surface area contributed by atoms with Gasteiger partial charge in [-0.3, -0.25) is 0 Å². The van der Waals surface area contributed by atoms with Crippen molar-refractivity contribution in [2.45, 2.75) is 168 Å². The number of hydrogen-bond donors (Lipinski definition) is 0. The van der Waals surface area contributed by atoms with E-state index in [1.165, 1.54) is 148 Å². The van der Waals surface area contributed by atoms with Gasteiger partial charge in [-0.25, -0.2) is 4.98 Å². The van der Waals surface area contributed by atoms with Crippen molar-refractivity contribution < 1.29 is 0 Å². The first-order valence-corrected chi connectivity index (χ1v) is 14.4. The third-order valence-electron chi connectivity index (χ3n) is 6.98. The quantitative estimate of drug-likeness (QED) is 0.126. The number of aromatic nitrogens is 2. The van der Waals surface area contributed by atoms with Crippen LogP contribution < -0.4 is 0 Å². The second kappa shape index (κ2) is 25.3. The van der Waals surface area contributed by atoms with E-state index in [4.69, 9.17) is 0 Å². The Hall–Kier alpha value is -0.310. The van der Waals surface area contributed by atoms with Crippen LogP contribution in [0.1, 0.15) is 168 Å². The van der Waals surface area contributed by atoms with Crippen LogP contribution in [0.15, 0.2) is 18.7 Å². The van der Waals surface area contributed by atoms with Crippen LogP contribution in [0.25, 0.3) is 0 Å². The lowest BCUT2D eigenvalue weighted by atomic mass is 9.99. The van der Waals surface area contributed by atoms with Gasteiger partial charge in [-0.1, -0.05) is 149 Å². The van der Waals surface area contributed by atoms with Gasteiger partial charge >= 0.3 is 0 Å². The molecule has 0 fully saturated rings. The van der Waals surface area contributed by atoms with Gasteiger partial charge in [0.2, 0.25) is 0 Å². The summed E-state index contributed by atoms with van der Waals surface area (Å²) < 4.78 is 2.38. The van der Waals surface area contributed by atoms with E-state index < -0.39 is 0 Å². The number of rotatable bonds is 24. The lowest BCUT2D eigenvalue weighted by molar-refractivity contribution is 0.393. The van der Waals surface area contributed by atoms with E-state index in [1.54, 1.807) is 0 Å². The Morgan fingerprint density at radius 3 is 1.19 bits per heavy atom. The molecule has 1 aromatic rings.